The van der Waals surface area contributed by atoms with E-state index in [1.165, 1.54) is 6.33 Å². The van der Waals surface area contributed by atoms with E-state index in [0.29, 0.717) is 58.4 Å². The van der Waals surface area contributed by atoms with Crippen LogP contribution in [0.3, 0.4) is 0 Å². The lowest BCUT2D eigenvalue weighted by Gasteiger charge is -2.42. The maximum atomic E-state index is 14.4. The largest absolute Gasteiger partial charge is 0.352 e. The van der Waals surface area contributed by atoms with Gasteiger partial charge in [0.25, 0.3) is 0 Å². The van der Waals surface area contributed by atoms with Crippen molar-refractivity contribution in [3.8, 4) is 0 Å². The van der Waals surface area contributed by atoms with E-state index in [4.69, 9.17) is 55.9 Å². The molecule has 0 radical (unpaired) electrons. The van der Waals surface area contributed by atoms with Gasteiger partial charge in [-0.05, 0) is 47.5 Å². The third-order valence-corrected chi connectivity index (χ3v) is 10.7. The molecule has 3 atom stereocenters. The van der Waals surface area contributed by atoms with Crippen molar-refractivity contribution < 1.29 is 19.1 Å². The standard InChI is InChI=1S/C38H39Cl4N9O4/c1-47-24-43-15-31(47)19-48-10-11-49(37(53)50(17-26-4-2-6-28(39)12-26)18-27-5-3-7-29(40)13-27)20-35(48)36(52)45-16-32-21-54-38(55-32,22-51-25-44-23-46-51)33-9-8-30(41)14-34(33)42/h2-9,12-15,23-25,32,35H,10-11,16-22H2,1H3,(H,45,52)/t32-,35-,38-/m1/s1. The van der Waals surface area contributed by atoms with Crippen molar-refractivity contribution in [2.45, 2.75) is 44.1 Å². The molecule has 3 amide bonds. The number of imidazole rings is 1. The molecule has 2 saturated heterocycles. The molecule has 13 nitrogen and oxygen atoms in total. The molecule has 0 aliphatic carbocycles. The lowest BCUT2D eigenvalue weighted by Crippen LogP contribution is -2.61. The first-order valence-corrected chi connectivity index (χ1v) is 19.2. The summed E-state index contributed by atoms with van der Waals surface area (Å²) in [6, 6.07) is 19.1. The van der Waals surface area contributed by atoms with Gasteiger partial charge in [-0.2, -0.15) is 5.10 Å². The zero-order valence-electron chi connectivity index (χ0n) is 29.9. The number of aryl methyl sites for hydroxylation is 1. The molecule has 0 saturated carbocycles. The fraction of sp³-hybridized carbons (Fsp3) is 0.342. The highest BCUT2D eigenvalue weighted by Gasteiger charge is 2.46. The third-order valence-electron chi connectivity index (χ3n) is 9.68. The molecule has 4 heterocycles. The minimum absolute atomic E-state index is 0.142. The summed E-state index contributed by atoms with van der Waals surface area (Å²) < 4.78 is 16.4. The van der Waals surface area contributed by atoms with Crippen LogP contribution in [0.25, 0.3) is 0 Å². The van der Waals surface area contributed by atoms with E-state index >= 15 is 0 Å². The monoisotopic (exact) mass is 825 g/mol. The number of aromatic nitrogens is 5. The number of nitrogens with zero attached hydrogens (tertiary/aromatic N) is 8. The minimum atomic E-state index is -1.31. The molecule has 1 N–H and O–H groups in total. The SMILES string of the molecule is Cn1cncc1CN1CCN(C(=O)N(Cc2cccc(Cl)c2)Cc2cccc(Cl)c2)C[C@@H]1C(=O)NC[C@@H]1CO[C@@](Cn2cncn2)(c2ccc(Cl)cc2Cl)O1. The summed E-state index contributed by atoms with van der Waals surface area (Å²) in [5.74, 6) is -1.56. The Morgan fingerprint density at radius 2 is 1.65 bits per heavy atom. The van der Waals surface area contributed by atoms with Crippen LogP contribution < -0.4 is 5.32 Å². The van der Waals surface area contributed by atoms with Gasteiger partial charge in [-0.3, -0.25) is 9.69 Å². The van der Waals surface area contributed by atoms with Crippen LogP contribution in [0.4, 0.5) is 4.79 Å². The highest BCUT2D eigenvalue weighted by molar-refractivity contribution is 6.35. The van der Waals surface area contributed by atoms with Crippen LogP contribution in [-0.2, 0) is 53.3 Å². The second-order valence-electron chi connectivity index (χ2n) is 13.6. The Balaban J connectivity index is 1.09. The minimum Gasteiger partial charge on any atom is -0.352 e. The summed E-state index contributed by atoms with van der Waals surface area (Å²) in [6.45, 7) is 2.58. The van der Waals surface area contributed by atoms with Gasteiger partial charge in [0.15, 0.2) is 0 Å². The molecule has 0 bridgehead atoms. The normalized spacial score (nSPS) is 20.1. The molecule has 2 fully saturated rings. The first-order chi connectivity index (χ1) is 26.5. The van der Waals surface area contributed by atoms with E-state index in [0.717, 1.165) is 16.8 Å². The molecule has 17 heteroatoms. The molecule has 2 aromatic heterocycles. The Morgan fingerprint density at radius 3 is 2.29 bits per heavy atom. The Labute approximate surface area is 338 Å². The first kappa shape index (κ1) is 39.0. The number of piperazine rings is 1. The Morgan fingerprint density at radius 1 is 0.927 bits per heavy atom. The van der Waals surface area contributed by atoms with E-state index in [1.807, 2.05) is 48.0 Å². The third kappa shape index (κ3) is 9.43. The molecular formula is C38H39Cl4N9O4. The van der Waals surface area contributed by atoms with Gasteiger partial charge in [-0.1, -0.05) is 76.7 Å². The Kier molecular flexibility index (Phi) is 12.3. The lowest BCUT2D eigenvalue weighted by atomic mass is 10.1. The number of carbonyl (C=O) groups is 2. The summed E-state index contributed by atoms with van der Waals surface area (Å²) in [6.07, 6.45) is 5.96. The predicted molar refractivity (Wildman–Crippen MR) is 209 cm³/mol. The van der Waals surface area contributed by atoms with Crippen LogP contribution in [0.15, 0.2) is 91.9 Å². The van der Waals surface area contributed by atoms with Crippen molar-refractivity contribution in [2.24, 2.45) is 7.05 Å². The van der Waals surface area contributed by atoms with E-state index in [1.54, 1.807) is 63.7 Å². The van der Waals surface area contributed by atoms with Crippen molar-refractivity contribution in [1.82, 2.24) is 44.3 Å². The average Bonchev–Trinajstić information content (AvgIpc) is 3.93. The van der Waals surface area contributed by atoms with Crippen LogP contribution >= 0.6 is 46.4 Å². The second-order valence-corrected chi connectivity index (χ2v) is 15.3. The zero-order valence-corrected chi connectivity index (χ0v) is 32.9. The zero-order chi connectivity index (χ0) is 38.5. The highest BCUT2D eigenvalue weighted by Crippen LogP contribution is 2.40. The molecule has 2 aliphatic rings. The molecule has 0 unspecified atom stereocenters. The number of ether oxygens (including phenoxy) is 2. The van der Waals surface area contributed by atoms with Gasteiger partial charge < -0.3 is 29.2 Å². The van der Waals surface area contributed by atoms with Crippen molar-refractivity contribution in [2.75, 3.05) is 32.8 Å². The topological polar surface area (TPSA) is 123 Å². The van der Waals surface area contributed by atoms with Gasteiger partial charge in [0.1, 0.15) is 31.3 Å². The Bertz CT molecular complexity index is 2070. The van der Waals surface area contributed by atoms with E-state index in [9.17, 15) is 9.59 Å². The number of urea groups is 1. The molecule has 0 spiro atoms. The fourth-order valence-corrected chi connectivity index (χ4v) is 7.89. The van der Waals surface area contributed by atoms with Gasteiger partial charge >= 0.3 is 6.03 Å². The maximum absolute atomic E-state index is 14.4. The van der Waals surface area contributed by atoms with Crippen molar-refractivity contribution >= 4 is 58.3 Å². The highest BCUT2D eigenvalue weighted by atomic mass is 35.5. The number of nitrogens with one attached hydrogen (secondary N) is 1. The summed E-state index contributed by atoms with van der Waals surface area (Å²) >= 11 is 25.5. The van der Waals surface area contributed by atoms with Crippen LogP contribution in [-0.4, -0.2) is 95.9 Å². The molecular weight excluding hydrogens is 788 g/mol. The number of benzene rings is 3. The van der Waals surface area contributed by atoms with Gasteiger partial charge in [-0.15, -0.1) is 0 Å². The van der Waals surface area contributed by atoms with Crippen LogP contribution in [0.5, 0.6) is 0 Å². The van der Waals surface area contributed by atoms with Crippen molar-refractivity contribution in [3.63, 3.8) is 0 Å². The molecule has 3 aromatic carbocycles. The number of hydrogen-bond donors (Lipinski definition) is 1. The van der Waals surface area contributed by atoms with Crippen LogP contribution in [0.2, 0.25) is 20.1 Å². The molecule has 5 aromatic rings. The van der Waals surface area contributed by atoms with E-state index in [2.05, 4.69) is 25.3 Å². The number of halogens is 4. The van der Waals surface area contributed by atoms with Crippen LogP contribution in [0, 0.1) is 0 Å². The van der Waals surface area contributed by atoms with Crippen molar-refractivity contribution in [1.29, 1.82) is 0 Å². The predicted octanol–water partition coefficient (Wildman–Crippen LogP) is 6.02. The quantitative estimate of drug-likeness (QED) is 0.162. The lowest BCUT2D eigenvalue weighted by molar-refractivity contribution is -0.188. The van der Waals surface area contributed by atoms with Gasteiger partial charge in [-0.25, -0.2) is 19.4 Å². The van der Waals surface area contributed by atoms with E-state index < -0.39 is 17.9 Å². The number of rotatable bonds is 12. The Hall–Kier alpha value is -4.21. The molecule has 288 valence electrons. The number of carbonyl (C=O) groups excluding carboxylic acids is 2. The average molecular weight is 828 g/mol. The second kappa shape index (κ2) is 17.3. The molecule has 2 aliphatic heterocycles. The summed E-state index contributed by atoms with van der Waals surface area (Å²) in [7, 11) is 1.91. The maximum Gasteiger partial charge on any atom is 0.320 e. The first-order valence-electron chi connectivity index (χ1n) is 17.6. The molecule has 7 rings (SSSR count). The van der Waals surface area contributed by atoms with E-state index in [-0.39, 0.29) is 38.2 Å². The van der Waals surface area contributed by atoms with Crippen LogP contribution in [0.1, 0.15) is 22.4 Å². The summed E-state index contributed by atoms with van der Waals surface area (Å²) in [4.78, 5) is 42.6. The number of hydrogen-bond acceptors (Lipinski definition) is 8. The number of amides is 3. The summed E-state index contributed by atoms with van der Waals surface area (Å²) in [5, 5.41) is 9.33. The van der Waals surface area contributed by atoms with Crippen molar-refractivity contribution in [3.05, 3.63) is 134 Å². The van der Waals surface area contributed by atoms with Gasteiger partial charge in [0.2, 0.25) is 11.7 Å². The van der Waals surface area contributed by atoms with Gasteiger partial charge in [0.05, 0.1) is 23.7 Å². The fourth-order valence-electron chi connectivity index (χ4n) is 6.91. The smallest absolute Gasteiger partial charge is 0.320 e. The summed E-state index contributed by atoms with van der Waals surface area (Å²) in [5.41, 5.74) is 3.27. The van der Waals surface area contributed by atoms with Gasteiger partial charge in [0, 0.05) is 79.7 Å². The molecule has 55 heavy (non-hydrogen) atoms.